The average Bonchev–Trinajstić information content (AvgIpc) is 2.58. The molecule has 0 unspecified atom stereocenters. The number of ketones is 1. The van der Waals surface area contributed by atoms with Crippen LogP contribution >= 0.6 is 0 Å². The number of nitrogens with one attached hydrogen (secondary N) is 1. The number of carbonyl (C=O) groups excluding carboxylic acids is 2. The number of benzene rings is 2. The van der Waals surface area contributed by atoms with E-state index in [2.05, 4.69) is 5.32 Å². The van der Waals surface area contributed by atoms with Crippen molar-refractivity contribution in [3.05, 3.63) is 65.2 Å². The van der Waals surface area contributed by atoms with Crippen LogP contribution in [0.1, 0.15) is 28.4 Å². The highest BCUT2D eigenvalue weighted by atomic mass is 32.2. The van der Waals surface area contributed by atoms with E-state index in [1.807, 2.05) is 31.2 Å². The summed E-state index contributed by atoms with van der Waals surface area (Å²) in [7, 11) is -3.65. The van der Waals surface area contributed by atoms with Crippen molar-refractivity contribution in [2.75, 3.05) is 17.1 Å². The molecule has 26 heavy (non-hydrogen) atoms. The summed E-state index contributed by atoms with van der Waals surface area (Å²) in [6, 6.07) is 13.8. The normalized spacial score (nSPS) is 11.0. The van der Waals surface area contributed by atoms with E-state index in [4.69, 9.17) is 0 Å². The number of hydrogen-bond acceptors (Lipinski definition) is 4. The molecule has 0 aliphatic carbocycles. The van der Waals surface area contributed by atoms with Crippen LogP contribution in [0.4, 0.5) is 5.69 Å². The minimum Gasteiger partial charge on any atom is -0.350 e. The van der Waals surface area contributed by atoms with Gasteiger partial charge in [-0.1, -0.05) is 24.3 Å². The first-order valence-corrected chi connectivity index (χ1v) is 9.93. The standard InChI is InChI=1S/C19H22N2O4S/c1-14-6-4-5-7-17(14)12-20-19(23)13-21(26(3,24)25)18-10-8-16(9-11-18)15(2)22/h4-11H,12-13H2,1-3H3,(H,20,23). The third-order valence-electron chi connectivity index (χ3n) is 3.99. The van der Waals surface area contributed by atoms with Gasteiger partial charge in [0.2, 0.25) is 15.9 Å². The molecule has 0 fully saturated rings. The monoisotopic (exact) mass is 374 g/mol. The second-order valence-electron chi connectivity index (χ2n) is 6.08. The Morgan fingerprint density at radius 1 is 1.04 bits per heavy atom. The number of sulfonamides is 1. The van der Waals surface area contributed by atoms with Crippen LogP contribution in [0.2, 0.25) is 0 Å². The molecule has 2 aromatic carbocycles. The van der Waals surface area contributed by atoms with E-state index in [-0.39, 0.29) is 12.3 Å². The number of hydrogen-bond donors (Lipinski definition) is 1. The summed E-state index contributed by atoms with van der Waals surface area (Å²) in [6.07, 6.45) is 1.04. The van der Waals surface area contributed by atoms with Crippen molar-refractivity contribution in [1.82, 2.24) is 5.32 Å². The summed E-state index contributed by atoms with van der Waals surface area (Å²) in [5.41, 5.74) is 2.83. The Morgan fingerprint density at radius 2 is 1.65 bits per heavy atom. The lowest BCUT2D eigenvalue weighted by Crippen LogP contribution is -2.40. The Balaban J connectivity index is 2.11. The molecular formula is C19H22N2O4S. The Bertz CT molecular complexity index is 905. The van der Waals surface area contributed by atoms with Crippen LogP contribution in [0.3, 0.4) is 0 Å². The molecule has 0 aromatic heterocycles. The zero-order valence-corrected chi connectivity index (χ0v) is 15.8. The fourth-order valence-electron chi connectivity index (χ4n) is 2.45. The highest BCUT2D eigenvalue weighted by Crippen LogP contribution is 2.18. The molecule has 138 valence electrons. The van der Waals surface area contributed by atoms with Crippen LogP contribution in [0.15, 0.2) is 48.5 Å². The maximum Gasteiger partial charge on any atom is 0.241 e. The first kappa shape index (κ1) is 19.7. The third-order valence-corrected chi connectivity index (χ3v) is 5.13. The molecule has 0 saturated carbocycles. The molecule has 6 nitrogen and oxygen atoms in total. The van der Waals surface area contributed by atoms with Crippen LogP contribution in [-0.4, -0.2) is 32.9 Å². The van der Waals surface area contributed by atoms with Crippen LogP contribution in [0, 0.1) is 6.92 Å². The van der Waals surface area contributed by atoms with Crippen molar-refractivity contribution in [3.63, 3.8) is 0 Å². The molecule has 0 bridgehead atoms. The van der Waals surface area contributed by atoms with Crippen LogP contribution in [-0.2, 0) is 21.4 Å². The maximum atomic E-state index is 12.3. The van der Waals surface area contributed by atoms with Crippen molar-refractivity contribution >= 4 is 27.4 Å². The minimum atomic E-state index is -3.65. The lowest BCUT2D eigenvalue weighted by molar-refractivity contribution is -0.119. The zero-order valence-electron chi connectivity index (χ0n) is 15.0. The summed E-state index contributed by atoms with van der Waals surface area (Å²) in [5.74, 6) is -0.521. The summed E-state index contributed by atoms with van der Waals surface area (Å²) in [5, 5.41) is 2.74. The lowest BCUT2D eigenvalue weighted by atomic mass is 10.1. The second-order valence-corrected chi connectivity index (χ2v) is 7.98. The number of nitrogens with zero attached hydrogens (tertiary/aromatic N) is 1. The number of Topliss-reactive ketones (excluding diaryl/α,β-unsaturated/α-hetero) is 1. The summed E-state index contributed by atoms with van der Waals surface area (Å²) >= 11 is 0. The average molecular weight is 374 g/mol. The summed E-state index contributed by atoms with van der Waals surface area (Å²) in [4.78, 5) is 23.6. The Kier molecular flexibility index (Phi) is 6.15. The highest BCUT2D eigenvalue weighted by Gasteiger charge is 2.21. The molecule has 0 spiro atoms. The molecule has 2 rings (SSSR count). The smallest absolute Gasteiger partial charge is 0.241 e. The summed E-state index contributed by atoms with van der Waals surface area (Å²) < 4.78 is 25.2. The van der Waals surface area contributed by atoms with Crippen molar-refractivity contribution in [2.24, 2.45) is 0 Å². The van der Waals surface area contributed by atoms with Gasteiger partial charge in [0.05, 0.1) is 11.9 Å². The predicted molar refractivity (Wildman–Crippen MR) is 102 cm³/mol. The van der Waals surface area contributed by atoms with Gasteiger partial charge in [0, 0.05) is 12.1 Å². The molecule has 1 amide bonds. The molecule has 7 heteroatoms. The van der Waals surface area contributed by atoms with E-state index < -0.39 is 15.9 Å². The van der Waals surface area contributed by atoms with E-state index in [1.54, 1.807) is 12.1 Å². The molecule has 0 radical (unpaired) electrons. The zero-order chi connectivity index (χ0) is 19.3. The van der Waals surface area contributed by atoms with Gasteiger partial charge in [0.1, 0.15) is 6.54 Å². The van der Waals surface area contributed by atoms with Crippen LogP contribution in [0.5, 0.6) is 0 Å². The van der Waals surface area contributed by atoms with Crippen LogP contribution < -0.4 is 9.62 Å². The Morgan fingerprint density at radius 3 is 2.19 bits per heavy atom. The molecule has 0 heterocycles. The van der Waals surface area contributed by atoms with E-state index in [9.17, 15) is 18.0 Å². The van der Waals surface area contributed by atoms with Gasteiger partial charge in [0.15, 0.2) is 5.78 Å². The molecule has 0 aliphatic rings. The van der Waals surface area contributed by atoms with Gasteiger partial charge in [-0.15, -0.1) is 0 Å². The van der Waals surface area contributed by atoms with Gasteiger partial charge in [-0.25, -0.2) is 8.42 Å². The van der Waals surface area contributed by atoms with Crippen molar-refractivity contribution in [1.29, 1.82) is 0 Å². The van der Waals surface area contributed by atoms with Gasteiger partial charge in [0.25, 0.3) is 0 Å². The van der Waals surface area contributed by atoms with E-state index >= 15 is 0 Å². The van der Waals surface area contributed by atoms with Gasteiger partial charge in [-0.3, -0.25) is 13.9 Å². The minimum absolute atomic E-state index is 0.113. The largest absolute Gasteiger partial charge is 0.350 e. The third kappa shape index (κ3) is 5.16. The molecular weight excluding hydrogens is 352 g/mol. The number of aryl methyl sites for hydroxylation is 1. The van der Waals surface area contributed by atoms with E-state index in [0.717, 1.165) is 21.7 Å². The first-order chi connectivity index (χ1) is 12.2. The molecule has 0 aliphatic heterocycles. The number of anilines is 1. The van der Waals surface area contributed by atoms with Gasteiger partial charge >= 0.3 is 0 Å². The number of amides is 1. The highest BCUT2D eigenvalue weighted by molar-refractivity contribution is 7.92. The van der Waals surface area contributed by atoms with Crippen molar-refractivity contribution in [2.45, 2.75) is 20.4 Å². The van der Waals surface area contributed by atoms with Gasteiger partial charge < -0.3 is 5.32 Å². The van der Waals surface area contributed by atoms with Crippen molar-refractivity contribution in [3.8, 4) is 0 Å². The molecule has 0 atom stereocenters. The van der Waals surface area contributed by atoms with Crippen molar-refractivity contribution < 1.29 is 18.0 Å². The lowest BCUT2D eigenvalue weighted by Gasteiger charge is -2.22. The maximum absolute atomic E-state index is 12.3. The molecule has 2 aromatic rings. The fraction of sp³-hybridized carbons (Fsp3) is 0.263. The quantitative estimate of drug-likeness (QED) is 0.754. The second kappa shape index (κ2) is 8.14. The van der Waals surface area contributed by atoms with Gasteiger partial charge in [-0.05, 0) is 49.2 Å². The van der Waals surface area contributed by atoms with E-state index in [1.165, 1.54) is 19.1 Å². The van der Waals surface area contributed by atoms with Crippen LogP contribution in [0.25, 0.3) is 0 Å². The SMILES string of the molecule is CC(=O)c1ccc(N(CC(=O)NCc2ccccc2C)S(C)(=O)=O)cc1. The molecule has 0 saturated heterocycles. The Labute approximate surface area is 153 Å². The van der Waals surface area contributed by atoms with E-state index in [0.29, 0.717) is 17.8 Å². The molecule has 1 N–H and O–H groups in total. The topological polar surface area (TPSA) is 83.6 Å². The van der Waals surface area contributed by atoms with Gasteiger partial charge in [-0.2, -0.15) is 0 Å². The first-order valence-electron chi connectivity index (χ1n) is 8.08. The summed E-state index contributed by atoms with van der Waals surface area (Å²) in [6.45, 7) is 3.37. The Hall–Kier alpha value is -2.67. The number of rotatable bonds is 7. The number of carbonyl (C=O) groups is 2. The predicted octanol–water partition coefficient (Wildman–Crippen LogP) is 2.28. The fourth-order valence-corrected chi connectivity index (χ4v) is 3.31.